The highest BCUT2D eigenvalue weighted by molar-refractivity contribution is 5.84. The molecule has 4 heteroatoms. The standard InChI is InChI=1S/C36H57NO3/c1-22(2)25-12-17-36(31(40)37-24-9-8-23(20-24)21-38)19-18-34(6)26(30(25)36)10-11-28-33(5)15-14-29(39)32(3,4)27(33)13-16-35(28,34)7/h8-9,23-30,38-39H,1,10-21H2,2-7H3,(H,37,40). The fourth-order valence-electron chi connectivity index (χ4n) is 12.9. The molecule has 5 fully saturated rings. The van der Waals surface area contributed by atoms with Gasteiger partial charge in [0.2, 0.25) is 5.91 Å². The average Bonchev–Trinajstić information content (AvgIpc) is 3.52. The lowest BCUT2D eigenvalue weighted by atomic mass is 9.32. The lowest BCUT2D eigenvalue weighted by Gasteiger charge is -2.72. The van der Waals surface area contributed by atoms with Gasteiger partial charge in [0.05, 0.1) is 11.5 Å². The molecular weight excluding hydrogens is 494 g/mol. The Morgan fingerprint density at radius 1 is 0.900 bits per heavy atom. The number of fused-ring (bicyclic) bond motifs is 7. The van der Waals surface area contributed by atoms with Crippen LogP contribution >= 0.6 is 0 Å². The van der Waals surface area contributed by atoms with Crippen LogP contribution in [0.25, 0.3) is 0 Å². The van der Waals surface area contributed by atoms with Crippen LogP contribution in [-0.2, 0) is 4.79 Å². The molecule has 0 heterocycles. The molecule has 0 aliphatic heterocycles. The van der Waals surface area contributed by atoms with E-state index in [1.54, 1.807) is 0 Å². The van der Waals surface area contributed by atoms with E-state index in [-0.39, 0.29) is 57.7 Å². The van der Waals surface area contributed by atoms with E-state index < -0.39 is 0 Å². The average molecular weight is 552 g/mol. The van der Waals surface area contributed by atoms with Crippen molar-refractivity contribution in [1.29, 1.82) is 0 Å². The Morgan fingerprint density at radius 3 is 2.33 bits per heavy atom. The molecule has 1 amide bonds. The summed E-state index contributed by atoms with van der Waals surface area (Å²) in [6.07, 6.45) is 16.1. The molecular formula is C36H57NO3. The highest BCUT2D eigenvalue weighted by Crippen LogP contribution is 2.77. The molecule has 40 heavy (non-hydrogen) atoms. The third-order valence-electron chi connectivity index (χ3n) is 15.2. The number of allylic oxidation sites excluding steroid dienone is 1. The number of aliphatic hydroxyl groups is 2. The molecule has 3 N–H and O–H groups in total. The summed E-state index contributed by atoms with van der Waals surface area (Å²) in [7, 11) is 0. The molecule has 224 valence electrons. The molecule has 6 rings (SSSR count). The summed E-state index contributed by atoms with van der Waals surface area (Å²) >= 11 is 0. The molecule has 6 aliphatic rings. The zero-order valence-electron chi connectivity index (χ0n) is 26.3. The summed E-state index contributed by atoms with van der Waals surface area (Å²) in [6.45, 7) is 19.4. The summed E-state index contributed by atoms with van der Waals surface area (Å²) < 4.78 is 0. The summed E-state index contributed by atoms with van der Waals surface area (Å²) in [6, 6.07) is 0.0466. The number of aliphatic hydroxyl groups excluding tert-OH is 2. The maximum Gasteiger partial charge on any atom is 0.226 e. The molecule has 0 spiro atoms. The van der Waals surface area contributed by atoms with Crippen molar-refractivity contribution in [2.24, 2.45) is 62.6 Å². The third kappa shape index (κ3) is 3.72. The minimum Gasteiger partial charge on any atom is -0.396 e. The zero-order valence-corrected chi connectivity index (χ0v) is 26.3. The van der Waals surface area contributed by atoms with Gasteiger partial charge in [-0.1, -0.05) is 58.9 Å². The first kappa shape index (κ1) is 29.0. The monoisotopic (exact) mass is 551 g/mol. The molecule has 0 bridgehead atoms. The number of nitrogens with one attached hydrogen (secondary N) is 1. The van der Waals surface area contributed by atoms with E-state index in [1.165, 1.54) is 31.3 Å². The first-order valence-electron chi connectivity index (χ1n) is 16.7. The van der Waals surface area contributed by atoms with Crippen molar-refractivity contribution in [1.82, 2.24) is 5.32 Å². The third-order valence-corrected chi connectivity index (χ3v) is 15.2. The van der Waals surface area contributed by atoms with Crippen molar-refractivity contribution in [2.75, 3.05) is 6.61 Å². The molecule has 5 saturated carbocycles. The molecule has 12 atom stereocenters. The largest absolute Gasteiger partial charge is 0.396 e. The number of amides is 1. The van der Waals surface area contributed by atoms with E-state index in [4.69, 9.17) is 0 Å². The summed E-state index contributed by atoms with van der Waals surface area (Å²) in [5.74, 6) is 3.04. The van der Waals surface area contributed by atoms with E-state index in [0.717, 1.165) is 44.9 Å². The van der Waals surface area contributed by atoms with Crippen molar-refractivity contribution < 1.29 is 15.0 Å². The lowest BCUT2D eigenvalue weighted by molar-refractivity contribution is -0.246. The van der Waals surface area contributed by atoms with Crippen molar-refractivity contribution in [3.05, 3.63) is 24.3 Å². The smallest absolute Gasteiger partial charge is 0.226 e. The Labute approximate surface area is 243 Å². The minimum absolute atomic E-state index is 0.0217. The number of carbonyl (C=O) groups is 1. The molecule has 0 aromatic rings. The lowest BCUT2D eigenvalue weighted by Crippen LogP contribution is -2.67. The fourth-order valence-corrected chi connectivity index (χ4v) is 12.9. The van der Waals surface area contributed by atoms with Gasteiger partial charge in [-0.25, -0.2) is 0 Å². The highest BCUT2D eigenvalue weighted by atomic mass is 16.3. The van der Waals surface area contributed by atoms with Gasteiger partial charge in [0.15, 0.2) is 0 Å². The van der Waals surface area contributed by atoms with Crippen LogP contribution in [0.15, 0.2) is 24.3 Å². The van der Waals surface area contributed by atoms with Gasteiger partial charge in [-0.2, -0.15) is 0 Å². The van der Waals surface area contributed by atoms with Gasteiger partial charge in [-0.3, -0.25) is 4.79 Å². The van der Waals surface area contributed by atoms with Gasteiger partial charge in [0.25, 0.3) is 0 Å². The van der Waals surface area contributed by atoms with Gasteiger partial charge >= 0.3 is 0 Å². The van der Waals surface area contributed by atoms with Gasteiger partial charge in [0, 0.05) is 18.6 Å². The second-order valence-corrected chi connectivity index (χ2v) is 16.9. The first-order valence-corrected chi connectivity index (χ1v) is 16.7. The van der Waals surface area contributed by atoms with E-state index >= 15 is 0 Å². The van der Waals surface area contributed by atoms with Crippen LogP contribution in [0, 0.1) is 62.6 Å². The van der Waals surface area contributed by atoms with E-state index in [0.29, 0.717) is 29.6 Å². The Morgan fingerprint density at radius 2 is 1.65 bits per heavy atom. The molecule has 0 saturated heterocycles. The first-order chi connectivity index (χ1) is 18.7. The Bertz CT molecular complexity index is 1080. The van der Waals surface area contributed by atoms with Crippen molar-refractivity contribution in [3.8, 4) is 0 Å². The molecule has 4 nitrogen and oxygen atoms in total. The second kappa shape index (κ2) is 9.43. The number of hydrogen-bond acceptors (Lipinski definition) is 3. The molecule has 0 radical (unpaired) electrons. The van der Waals surface area contributed by atoms with Crippen LogP contribution in [0.2, 0.25) is 0 Å². The van der Waals surface area contributed by atoms with Gasteiger partial charge in [-0.15, -0.1) is 0 Å². The Hall–Kier alpha value is -1.13. The van der Waals surface area contributed by atoms with Gasteiger partial charge in [-0.05, 0) is 129 Å². The number of hydrogen-bond donors (Lipinski definition) is 3. The molecule has 0 aromatic carbocycles. The Balaban J connectivity index is 1.33. The molecule has 0 aromatic heterocycles. The van der Waals surface area contributed by atoms with Crippen LogP contribution < -0.4 is 5.32 Å². The summed E-state index contributed by atoms with van der Waals surface area (Å²) in [4.78, 5) is 14.3. The van der Waals surface area contributed by atoms with Crippen LogP contribution in [0.1, 0.15) is 112 Å². The maximum atomic E-state index is 14.3. The predicted octanol–water partition coefficient (Wildman–Crippen LogP) is 7.06. The van der Waals surface area contributed by atoms with E-state index in [2.05, 4.69) is 65.6 Å². The predicted molar refractivity (Wildman–Crippen MR) is 161 cm³/mol. The minimum atomic E-state index is -0.291. The van der Waals surface area contributed by atoms with E-state index in [9.17, 15) is 15.0 Å². The number of carbonyl (C=O) groups excluding carboxylic acids is 1. The van der Waals surface area contributed by atoms with Crippen molar-refractivity contribution in [3.63, 3.8) is 0 Å². The second-order valence-electron chi connectivity index (χ2n) is 16.9. The fraction of sp³-hybridized carbons (Fsp3) is 0.861. The maximum absolute atomic E-state index is 14.3. The molecule has 6 aliphatic carbocycles. The molecule has 12 unspecified atom stereocenters. The summed E-state index contributed by atoms with van der Waals surface area (Å²) in [5.41, 5.74) is 1.71. The quantitative estimate of drug-likeness (QED) is 0.328. The van der Waals surface area contributed by atoms with Gasteiger partial charge in [0.1, 0.15) is 0 Å². The number of rotatable bonds is 4. The normalized spacial score (nSPS) is 52.7. The SMILES string of the molecule is C=C(C)C1CCC2(C(=O)NC3C=CC(CO)C3)CCC3(C)C(CCC4C5(C)CCC(O)C(C)(C)C5CCC43C)C12. The van der Waals surface area contributed by atoms with Crippen LogP contribution in [0.5, 0.6) is 0 Å². The van der Waals surface area contributed by atoms with Crippen LogP contribution in [0.4, 0.5) is 0 Å². The van der Waals surface area contributed by atoms with Crippen LogP contribution in [-0.4, -0.2) is 34.9 Å². The van der Waals surface area contributed by atoms with Gasteiger partial charge < -0.3 is 15.5 Å². The van der Waals surface area contributed by atoms with Crippen LogP contribution in [0.3, 0.4) is 0 Å². The Kier molecular flexibility index (Phi) is 6.83. The highest BCUT2D eigenvalue weighted by Gasteiger charge is 2.71. The topological polar surface area (TPSA) is 69.6 Å². The van der Waals surface area contributed by atoms with Crippen molar-refractivity contribution in [2.45, 2.75) is 124 Å². The van der Waals surface area contributed by atoms with Crippen molar-refractivity contribution >= 4 is 5.91 Å². The van der Waals surface area contributed by atoms with E-state index in [1.807, 2.05) is 0 Å². The summed E-state index contributed by atoms with van der Waals surface area (Å²) in [5, 5.41) is 24.1. The zero-order chi connectivity index (χ0) is 28.9.